The molecule has 5 rings (SSSR count). The molecule has 1 aliphatic heterocycles. The topological polar surface area (TPSA) is 47.4 Å². The number of rotatable bonds is 5. The van der Waals surface area contributed by atoms with E-state index >= 15 is 0 Å². The zero-order valence-electron chi connectivity index (χ0n) is 17.6. The van der Waals surface area contributed by atoms with E-state index in [0.29, 0.717) is 5.69 Å². The van der Waals surface area contributed by atoms with E-state index in [-0.39, 0.29) is 18.0 Å². The number of aromatic nitrogens is 3. The van der Waals surface area contributed by atoms with Gasteiger partial charge in [0.25, 0.3) is 5.56 Å². The first-order valence-electron chi connectivity index (χ1n) is 10.6. The maximum atomic E-state index is 12.8. The maximum absolute atomic E-state index is 12.8. The van der Waals surface area contributed by atoms with Gasteiger partial charge < -0.3 is 4.90 Å². The van der Waals surface area contributed by atoms with Crippen molar-refractivity contribution in [2.24, 2.45) is 0 Å². The van der Waals surface area contributed by atoms with E-state index in [4.69, 9.17) is 6.57 Å². The van der Waals surface area contributed by atoms with Crippen LogP contribution in [0.1, 0.15) is 12.8 Å². The summed E-state index contributed by atoms with van der Waals surface area (Å²) in [5.41, 5.74) is 4.18. The summed E-state index contributed by atoms with van der Waals surface area (Å²) in [7, 11) is 0. The standard InChI is InChI=1S/C25H23N5O.ClH/c1-26-22-6-4-19(5-7-22)20-10-13-29(25(31)17-20)23-8-9-24-21(16-23)18-27-30(24)15-14-28-11-2-3-12-28;/h4-10,13,16-18H,2-3,11-12,14-15H2;1H. The summed E-state index contributed by atoms with van der Waals surface area (Å²) in [5.74, 6) is 0. The van der Waals surface area contributed by atoms with E-state index in [1.807, 2.05) is 42.6 Å². The van der Waals surface area contributed by atoms with Crippen molar-refractivity contribution in [1.29, 1.82) is 0 Å². The number of likely N-dealkylation sites (tertiary alicyclic amines) is 1. The molecule has 0 unspecified atom stereocenters. The number of benzene rings is 2. The molecule has 0 radical (unpaired) electrons. The van der Waals surface area contributed by atoms with E-state index in [9.17, 15) is 4.79 Å². The van der Waals surface area contributed by atoms with Gasteiger partial charge in [0, 0.05) is 29.9 Å². The van der Waals surface area contributed by atoms with Crippen LogP contribution in [0.15, 0.2) is 71.8 Å². The van der Waals surface area contributed by atoms with Crippen molar-refractivity contribution in [2.75, 3.05) is 19.6 Å². The first-order chi connectivity index (χ1) is 15.2. The van der Waals surface area contributed by atoms with Crippen molar-refractivity contribution in [3.8, 4) is 16.8 Å². The van der Waals surface area contributed by atoms with Crippen molar-refractivity contribution in [3.05, 3.63) is 88.8 Å². The van der Waals surface area contributed by atoms with E-state index < -0.39 is 0 Å². The largest absolute Gasteiger partial charge is 0.301 e. The second-order valence-electron chi connectivity index (χ2n) is 7.94. The van der Waals surface area contributed by atoms with E-state index in [0.717, 1.165) is 40.8 Å². The van der Waals surface area contributed by atoms with Crippen LogP contribution < -0.4 is 5.56 Å². The fraction of sp³-hybridized carbons (Fsp3) is 0.240. The highest BCUT2D eigenvalue weighted by molar-refractivity contribution is 5.85. The number of hydrogen-bond acceptors (Lipinski definition) is 3. The molecule has 0 aliphatic carbocycles. The molecule has 0 bridgehead atoms. The van der Waals surface area contributed by atoms with Crippen molar-refractivity contribution in [3.63, 3.8) is 0 Å². The fourth-order valence-corrected chi connectivity index (χ4v) is 4.25. The van der Waals surface area contributed by atoms with Crippen molar-refractivity contribution < 1.29 is 0 Å². The minimum atomic E-state index is -0.0902. The third-order valence-corrected chi connectivity index (χ3v) is 5.98. The van der Waals surface area contributed by atoms with Gasteiger partial charge in [0.1, 0.15) is 0 Å². The predicted octanol–water partition coefficient (Wildman–Crippen LogP) is 4.92. The second-order valence-corrected chi connectivity index (χ2v) is 7.94. The third-order valence-electron chi connectivity index (χ3n) is 5.98. The Hall–Kier alpha value is -3.40. The molecule has 7 heteroatoms. The van der Waals surface area contributed by atoms with Crippen LogP contribution in [-0.2, 0) is 6.54 Å². The van der Waals surface area contributed by atoms with Gasteiger partial charge in [-0.05, 0) is 61.3 Å². The molecule has 0 amide bonds. The zero-order valence-corrected chi connectivity index (χ0v) is 18.5. The number of nitrogens with zero attached hydrogens (tertiary/aromatic N) is 5. The van der Waals surface area contributed by atoms with Crippen molar-refractivity contribution >= 4 is 29.0 Å². The van der Waals surface area contributed by atoms with Gasteiger partial charge in [0.15, 0.2) is 5.69 Å². The Balaban J connectivity index is 0.00000245. The normalized spacial score (nSPS) is 13.7. The summed E-state index contributed by atoms with van der Waals surface area (Å²) in [6.07, 6.45) is 6.27. The predicted molar refractivity (Wildman–Crippen MR) is 130 cm³/mol. The van der Waals surface area contributed by atoms with Gasteiger partial charge in [-0.25, -0.2) is 4.85 Å². The molecule has 0 N–H and O–H groups in total. The van der Waals surface area contributed by atoms with Gasteiger partial charge >= 0.3 is 0 Å². The number of halogens is 1. The molecule has 1 fully saturated rings. The van der Waals surface area contributed by atoms with E-state index in [1.165, 1.54) is 25.9 Å². The van der Waals surface area contributed by atoms with Crippen LogP contribution in [-0.4, -0.2) is 38.9 Å². The van der Waals surface area contributed by atoms with Crippen molar-refractivity contribution in [1.82, 2.24) is 19.2 Å². The zero-order chi connectivity index (χ0) is 21.2. The van der Waals surface area contributed by atoms with Gasteiger partial charge in [-0.15, -0.1) is 12.4 Å². The summed E-state index contributed by atoms with van der Waals surface area (Å²) in [4.78, 5) is 18.7. The lowest BCUT2D eigenvalue weighted by atomic mass is 10.1. The molecule has 2 aromatic carbocycles. The molecule has 2 aromatic heterocycles. The van der Waals surface area contributed by atoms with Gasteiger partial charge in [0.2, 0.25) is 0 Å². The fourth-order valence-electron chi connectivity index (χ4n) is 4.25. The van der Waals surface area contributed by atoms with Gasteiger partial charge in [-0.1, -0.05) is 24.3 Å². The lowest BCUT2D eigenvalue weighted by molar-refractivity contribution is 0.318. The molecule has 1 saturated heterocycles. The van der Waals surface area contributed by atoms with E-state index in [2.05, 4.69) is 19.5 Å². The quantitative estimate of drug-likeness (QED) is 0.409. The first kappa shape index (κ1) is 21.8. The van der Waals surface area contributed by atoms with Gasteiger partial charge in [-0.2, -0.15) is 5.10 Å². The molecule has 3 heterocycles. The minimum absolute atomic E-state index is 0. The molecule has 32 heavy (non-hydrogen) atoms. The van der Waals surface area contributed by atoms with Crippen LogP contribution >= 0.6 is 12.4 Å². The summed E-state index contributed by atoms with van der Waals surface area (Å²) < 4.78 is 3.70. The van der Waals surface area contributed by atoms with Gasteiger partial charge in [0.05, 0.1) is 24.8 Å². The molecular formula is C25H24ClN5O. The Labute approximate surface area is 192 Å². The summed E-state index contributed by atoms with van der Waals surface area (Å²) in [6.45, 7) is 11.3. The average Bonchev–Trinajstić information content (AvgIpc) is 3.47. The molecule has 162 valence electrons. The minimum Gasteiger partial charge on any atom is -0.301 e. The number of hydrogen-bond donors (Lipinski definition) is 0. The second kappa shape index (κ2) is 9.39. The van der Waals surface area contributed by atoms with Crippen LogP contribution in [0.5, 0.6) is 0 Å². The van der Waals surface area contributed by atoms with E-state index in [1.54, 1.807) is 29.0 Å². The Kier molecular flexibility index (Phi) is 6.40. The highest BCUT2D eigenvalue weighted by Gasteiger charge is 2.12. The van der Waals surface area contributed by atoms with Gasteiger partial charge in [-0.3, -0.25) is 14.0 Å². The first-order valence-corrected chi connectivity index (χ1v) is 10.6. The summed E-state index contributed by atoms with van der Waals surface area (Å²) in [6, 6.07) is 16.9. The smallest absolute Gasteiger partial charge is 0.255 e. The average molecular weight is 446 g/mol. The molecule has 6 nitrogen and oxygen atoms in total. The molecule has 0 spiro atoms. The Morgan fingerprint density at radius 3 is 2.44 bits per heavy atom. The Bertz CT molecular complexity index is 1330. The summed E-state index contributed by atoms with van der Waals surface area (Å²) >= 11 is 0. The molecule has 0 atom stereocenters. The highest BCUT2D eigenvalue weighted by Crippen LogP contribution is 2.23. The molecule has 1 aliphatic rings. The van der Waals surface area contributed by atoms with Crippen LogP contribution in [0, 0.1) is 6.57 Å². The maximum Gasteiger partial charge on any atom is 0.255 e. The van der Waals surface area contributed by atoms with Crippen LogP contribution in [0.4, 0.5) is 5.69 Å². The van der Waals surface area contributed by atoms with Crippen LogP contribution in [0.3, 0.4) is 0 Å². The van der Waals surface area contributed by atoms with Crippen LogP contribution in [0.2, 0.25) is 0 Å². The third kappa shape index (κ3) is 4.31. The SMILES string of the molecule is Cl.[C-]#[N+]c1ccc(-c2ccn(-c3ccc4c(cnn4CCN4CCCC4)c3)c(=O)c2)cc1. The molecular weight excluding hydrogens is 422 g/mol. The van der Waals surface area contributed by atoms with Crippen LogP contribution in [0.25, 0.3) is 32.6 Å². The molecule has 0 saturated carbocycles. The summed E-state index contributed by atoms with van der Waals surface area (Å²) in [5, 5.41) is 5.60. The Morgan fingerprint density at radius 1 is 0.938 bits per heavy atom. The Morgan fingerprint density at radius 2 is 1.72 bits per heavy atom. The lowest BCUT2D eigenvalue weighted by Gasteiger charge is -2.14. The number of fused-ring (bicyclic) bond motifs is 1. The highest BCUT2D eigenvalue weighted by atomic mass is 35.5. The van der Waals surface area contributed by atoms with Crippen molar-refractivity contribution in [2.45, 2.75) is 19.4 Å². The molecule has 4 aromatic rings. The lowest BCUT2D eigenvalue weighted by Crippen LogP contribution is -2.24. The monoisotopic (exact) mass is 445 g/mol. The number of pyridine rings is 1.